The van der Waals surface area contributed by atoms with Crippen LogP contribution in [0.25, 0.3) is 0 Å². The lowest BCUT2D eigenvalue weighted by molar-refractivity contribution is 0.0907. The first-order chi connectivity index (χ1) is 10.1. The molecule has 2 rings (SSSR count). The molecule has 21 heavy (non-hydrogen) atoms. The van der Waals surface area contributed by atoms with E-state index in [1.807, 2.05) is 0 Å². The first-order valence-corrected chi connectivity index (χ1v) is 8.04. The molecule has 1 saturated carbocycles. The molecule has 1 N–H and O–H groups in total. The van der Waals surface area contributed by atoms with Crippen molar-refractivity contribution in [1.29, 1.82) is 5.26 Å². The molecule has 0 aromatic heterocycles. The molecular weight excluding hydrogens is 335 g/mol. The van der Waals surface area contributed by atoms with Crippen LogP contribution in [-0.4, -0.2) is 11.4 Å². The van der Waals surface area contributed by atoms with E-state index in [4.69, 9.17) is 0 Å². The van der Waals surface area contributed by atoms with Gasteiger partial charge in [0.05, 0.1) is 11.6 Å². The fourth-order valence-electron chi connectivity index (χ4n) is 2.73. The van der Waals surface area contributed by atoms with Crippen LogP contribution >= 0.6 is 15.9 Å². The van der Waals surface area contributed by atoms with Gasteiger partial charge in [0, 0.05) is 4.47 Å². The van der Waals surface area contributed by atoms with Crippen molar-refractivity contribution in [2.75, 3.05) is 0 Å². The van der Waals surface area contributed by atoms with Crippen molar-refractivity contribution in [3.63, 3.8) is 0 Å². The van der Waals surface area contributed by atoms with E-state index in [1.54, 1.807) is 0 Å². The Labute approximate surface area is 132 Å². The first-order valence-electron chi connectivity index (χ1n) is 7.25. The molecule has 0 spiro atoms. The Morgan fingerprint density at radius 1 is 1.24 bits per heavy atom. The summed E-state index contributed by atoms with van der Waals surface area (Å²) in [6.45, 7) is 0. The third-order valence-corrected chi connectivity index (χ3v) is 4.61. The van der Waals surface area contributed by atoms with Crippen LogP contribution in [-0.2, 0) is 0 Å². The van der Waals surface area contributed by atoms with Crippen molar-refractivity contribution in [3.05, 3.63) is 34.1 Å². The van der Waals surface area contributed by atoms with Gasteiger partial charge in [0.2, 0.25) is 0 Å². The van der Waals surface area contributed by atoms with Gasteiger partial charge in [-0.1, -0.05) is 32.1 Å². The smallest absolute Gasteiger partial charge is 0.253 e. The van der Waals surface area contributed by atoms with Crippen molar-refractivity contribution in [2.45, 2.75) is 50.5 Å². The van der Waals surface area contributed by atoms with E-state index in [0.717, 1.165) is 25.7 Å². The summed E-state index contributed by atoms with van der Waals surface area (Å²) in [6.07, 6.45) is 6.62. The summed E-state index contributed by atoms with van der Waals surface area (Å²) in [5.41, 5.74) is -0.446. The van der Waals surface area contributed by atoms with Crippen LogP contribution in [0.5, 0.6) is 0 Å². The monoisotopic (exact) mass is 352 g/mol. The molecule has 1 aromatic carbocycles. The van der Waals surface area contributed by atoms with Crippen LogP contribution in [0.3, 0.4) is 0 Å². The average Bonchev–Trinajstić information content (AvgIpc) is 2.42. The maximum absolute atomic E-state index is 13.1. The number of halogens is 2. The molecule has 1 aromatic rings. The van der Waals surface area contributed by atoms with Crippen molar-refractivity contribution in [1.82, 2.24) is 5.32 Å². The summed E-state index contributed by atoms with van der Waals surface area (Å²) in [6, 6.07) is 6.23. The number of carbonyl (C=O) groups is 1. The zero-order chi connectivity index (χ0) is 15.3. The van der Waals surface area contributed by atoms with Gasteiger partial charge >= 0.3 is 0 Å². The summed E-state index contributed by atoms with van der Waals surface area (Å²) in [5.74, 6) is -0.733. The lowest BCUT2D eigenvalue weighted by atomic mass is 9.85. The molecular formula is C16H18BrFN2O. The number of rotatable bonds is 2. The maximum Gasteiger partial charge on any atom is 0.253 e. The minimum Gasteiger partial charge on any atom is -0.334 e. The number of nitriles is 1. The molecule has 0 bridgehead atoms. The standard InChI is InChI=1S/C16H18BrFN2O/c17-14-10-12(18)6-7-13(14)15(21)20-16(11-19)8-4-2-1-3-5-9-16/h6-7,10H,1-5,8-9H2,(H,20,21). The Kier molecular flexibility index (Phi) is 5.35. The lowest BCUT2D eigenvalue weighted by Crippen LogP contribution is -2.47. The Hall–Kier alpha value is -1.41. The van der Waals surface area contributed by atoms with E-state index in [0.29, 0.717) is 22.9 Å². The van der Waals surface area contributed by atoms with Crippen molar-refractivity contribution < 1.29 is 9.18 Å². The average molecular weight is 353 g/mol. The van der Waals surface area contributed by atoms with E-state index in [1.165, 1.54) is 24.6 Å². The second-order valence-electron chi connectivity index (χ2n) is 5.54. The normalized spacial score (nSPS) is 18.1. The predicted octanol–water partition coefficient (Wildman–Crippen LogP) is 4.32. The van der Waals surface area contributed by atoms with Crippen molar-refractivity contribution in [2.24, 2.45) is 0 Å². The summed E-state index contributed by atoms with van der Waals surface area (Å²) >= 11 is 3.20. The SMILES string of the molecule is N#CC1(NC(=O)c2ccc(F)cc2Br)CCCCCCC1. The highest BCUT2D eigenvalue weighted by Gasteiger charge is 2.32. The first kappa shape index (κ1) is 16.0. The zero-order valence-corrected chi connectivity index (χ0v) is 13.4. The zero-order valence-electron chi connectivity index (χ0n) is 11.8. The van der Waals surface area contributed by atoms with Crippen molar-refractivity contribution in [3.8, 4) is 6.07 Å². The van der Waals surface area contributed by atoms with Crippen LogP contribution in [0.4, 0.5) is 4.39 Å². The van der Waals surface area contributed by atoms with E-state index in [-0.39, 0.29) is 5.91 Å². The highest BCUT2D eigenvalue weighted by molar-refractivity contribution is 9.10. The molecule has 0 unspecified atom stereocenters. The van der Waals surface area contributed by atoms with Crippen LogP contribution < -0.4 is 5.32 Å². The summed E-state index contributed by atoms with van der Waals surface area (Å²) < 4.78 is 13.5. The minimum atomic E-state index is -0.800. The summed E-state index contributed by atoms with van der Waals surface area (Å²) in [4.78, 5) is 12.4. The third kappa shape index (κ3) is 4.04. The molecule has 1 amide bonds. The summed E-state index contributed by atoms with van der Waals surface area (Å²) in [7, 11) is 0. The van der Waals surface area contributed by atoms with Gasteiger partial charge in [-0.05, 0) is 47.0 Å². The molecule has 1 fully saturated rings. The molecule has 1 aliphatic rings. The highest BCUT2D eigenvalue weighted by atomic mass is 79.9. The van der Waals surface area contributed by atoms with Crippen LogP contribution in [0.15, 0.2) is 22.7 Å². The Morgan fingerprint density at radius 3 is 2.43 bits per heavy atom. The fourth-order valence-corrected chi connectivity index (χ4v) is 3.26. The second kappa shape index (κ2) is 7.04. The topological polar surface area (TPSA) is 52.9 Å². The van der Waals surface area contributed by atoms with E-state index in [9.17, 15) is 14.4 Å². The molecule has 3 nitrogen and oxygen atoms in total. The van der Waals surface area contributed by atoms with Gasteiger partial charge in [-0.2, -0.15) is 5.26 Å². The van der Waals surface area contributed by atoms with E-state index >= 15 is 0 Å². The molecule has 0 aliphatic heterocycles. The maximum atomic E-state index is 13.1. The van der Waals surface area contributed by atoms with Gasteiger partial charge < -0.3 is 5.32 Å². The fraction of sp³-hybridized carbons (Fsp3) is 0.500. The van der Waals surface area contributed by atoms with Gasteiger partial charge in [0.1, 0.15) is 11.4 Å². The number of hydrogen-bond donors (Lipinski definition) is 1. The number of nitrogens with one attached hydrogen (secondary N) is 1. The molecule has 0 heterocycles. The molecule has 5 heteroatoms. The lowest BCUT2D eigenvalue weighted by Gasteiger charge is -2.29. The largest absolute Gasteiger partial charge is 0.334 e. The molecule has 0 saturated heterocycles. The predicted molar refractivity (Wildman–Crippen MR) is 82.2 cm³/mol. The highest BCUT2D eigenvalue weighted by Crippen LogP contribution is 2.27. The molecule has 0 atom stereocenters. The van der Waals surface area contributed by atoms with Crippen LogP contribution in [0.2, 0.25) is 0 Å². The molecule has 0 radical (unpaired) electrons. The minimum absolute atomic E-state index is 0.330. The van der Waals surface area contributed by atoms with Gasteiger partial charge in [0.15, 0.2) is 0 Å². The number of amides is 1. The van der Waals surface area contributed by atoms with E-state index < -0.39 is 11.4 Å². The van der Waals surface area contributed by atoms with Gasteiger partial charge in [0.25, 0.3) is 5.91 Å². The number of benzene rings is 1. The molecule has 1 aliphatic carbocycles. The van der Waals surface area contributed by atoms with Crippen LogP contribution in [0, 0.1) is 17.1 Å². The van der Waals surface area contributed by atoms with E-state index in [2.05, 4.69) is 27.3 Å². The Balaban J connectivity index is 2.16. The number of hydrogen-bond acceptors (Lipinski definition) is 2. The Bertz CT molecular complexity index is 560. The quantitative estimate of drug-likeness (QED) is 0.861. The Morgan fingerprint density at radius 2 is 1.86 bits per heavy atom. The number of carbonyl (C=O) groups excluding carboxylic acids is 1. The van der Waals surface area contributed by atoms with Gasteiger partial charge in [-0.15, -0.1) is 0 Å². The summed E-state index contributed by atoms with van der Waals surface area (Å²) in [5, 5.41) is 12.4. The van der Waals surface area contributed by atoms with Gasteiger partial charge in [-0.25, -0.2) is 4.39 Å². The molecule has 112 valence electrons. The van der Waals surface area contributed by atoms with Crippen LogP contribution in [0.1, 0.15) is 55.3 Å². The third-order valence-electron chi connectivity index (χ3n) is 3.95. The number of nitrogens with zero attached hydrogens (tertiary/aromatic N) is 1. The van der Waals surface area contributed by atoms with Crippen molar-refractivity contribution >= 4 is 21.8 Å². The van der Waals surface area contributed by atoms with Gasteiger partial charge in [-0.3, -0.25) is 4.79 Å². The second-order valence-corrected chi connectivity index (χ2v) is 6.39.